The summed E-state index contributed by atoms with van der Waals surface area (Å²) in [6.07, 6.45) is 21.7. The molecule has 5 aromatic heterocycles. The van der Waals surface area contributed by atoms with Crippen LogP contribution in [0.4, 0.5) is 27.1 Å². The standard InChI is InChI=1S/C22H19FN2O3S.C20H15FN2O3S.C14H17FO2.C12H12BrFO2.C10H10BrFO.C10H10N2O2S.C4H7O.3C4H9.BHNS.Li.H2O.Sn/c1-2-27-21(26)14-6-8-18-20(11-14)29-22-24-17(12-25(18)22)15-7-5-13(10-16(15)23)19-4-3-9-28-19;21-14-8-11(17-2-1-7-26-17)3-5-13(14)15-10-23-16-6-4-12(19(24)25)9-18(16)27-20(23)22-15;1-3-16-10(2)12-7-6-11(9-13(12)15)14-5-4-8-17-14;13-7-11(15)9-4-3-8(6-10(9)14)12-2-1-5-16-12;11-8-4-3-7(6-9(8)12)10-2-1-5-13-10;1-2-14-9(13)6-3-4-7-8(5-6)15-10(11)12-7;1-3-5-4-2;3*1-3-4-2;1-2-3;;;/h5-8,10-12,19H,2-4,9H2,1H3;3-6,8-10,17H,1-2,7H2,(H,24,25);6-7,9,14H,2-5,8H2,1H3;3-4,6,12H,1-2,5,7H2;3-4,6,10H,1-2,5H2;3-5H,2H2,1H3,(H2,11,12);1,4H2,2H3;3*1,3-4H2,2H3;3H;;1H2;/q;;;;;;;;;;;+1;;/p-1/t19-;17-;14-;12-;10-;;;;;;;;;/m10111........./s1. The van der Waals surface area contributed by atoms with Gasteiger partial charge >= 0.3 is 181 Å². The average molecular weight is 2230 g/mol. The van der Waals surface area contributed by atoms with E-state index in [0.717, 1.165) is 167 Å². The number of esters is 2. The Morgan fingerprint density at radius 2 is 0.864 bits per heavy atom. The number of imidazole rings is 2. The summed E-state index contributed by atoms with van der Waals surface area (Å²) in [5.74, 6) is -3.05. The van der Waals surface area contributed by atoms with Crippen molar-refractivity contribution >= 4 is 180 Å². The number of rotatable bonds is 29. The summed E-state index contributed by atoms with van der Waals surface area (Å²) in [5.41, 5.74) is 16.5. The van der Waals surface area contributed by atoms with Crippen molar-refractivity contribution in [3.63, 3.8) is 0 Å². The van der Waals surface area contributed by atoms with Crippen LogP contribution in [0.3, 0.4) is 0 Å². The zero-order valence-electron chi connectivity index (χ0n) is 80.2. The third-order valence-corrected chi connectivity index (χ3v) is 42.9. The molecule has 140 heavy (non-hydrogen) atoms. The topological polar surface area (TPSA) is 287 Å². The van der Waals surface area contributed by atoms with Crippen molar-refractivity contribution in [2.45, 2.75) is 195 Å². The second-order valence-electron chi connectivity index (χ2n) is 33.2. The van der Waals surface area contributed by atoms with Gasteiger partial charge in [0.05, 0.1) is 130 Å². The van der Waals surface area contributed by atoms with E-state index in [4.69, 9.17) is 53.5 Å². The van der Waals surface area contributed by atoms with E-state index < -0.39 is 30.2 Å². The number of fused-ring (bicyclic) bond motifs is 7. The smallest absolute Gasteiger partial charge is 0.870 e. The normalized spacial score (nSPS) is 16.1. The number of unbranched alkanes of at least 4 members (excludes halogenated alkanes) is 3. The molecule has 18 rings (SSSR count). The first-order valence-electron chi connectivity index (χ1n) is 46.8. The molecule has 5 aliphatic heterocycles. The van der Waals surface area contributed by atoms with Gasteiger partial charge in [0.2, 0.25) is 0 Å². The number of halogens is 7. The van der Waals surface area contributed by atoms with Crippen LogP contribution in [0.2, 0.25) is 13.3 Å². The van der Waals surface area contributed by atoms with Gasteiger partial charge in [-0.2, -0.15) is 0 Å². The van der Waals surface area contributed by atoms with Crippen molar-refractivity contribution in [3.8, 4) is 22.5 Å². The van der Waals surface area contributed by atoms with E-state index in [-0.39, 0.29) is 112 Å². The maximum absolute atomic E-state index is 14.8. The van der Waals surface area contributed by atoms with Gasteiger partial charge in [0, 0.05) is 56.6 Å². The number of ether oxygens (including phenoxy) is 9. The van der Waals surface area contributed by atoms with E-state index in [1.165, 1.54) is 114 Å². The number of aromatic nitrogens is 5. The van der Waals surface area contributed by atoms with Gasteiger partial charge in [0.25, 0.3) is 0 Å². The monoisotopic (exact) mass is 2220 g/mol. The molecule has 5 saturated heterocycles. The van der Waals surface area contributed by atoms with Crippen LogP contribution in [0.15, 0.2) is 184 Å². The fourth-order valence-electron chi connectivity index (χ4n) is 16.7. The number of thiol groups is 1. The number of hydrogen-bond acceptors (Lipinski definition) is 23. The van der Waals surface area contributed by atoms with Crippen molar-refractivity contribution in [1.29, 1.82) is 0 Å². The summed E-state index contributed by atoms with van der Waals surface area (Å²) in [6, 6.07) is 41.1. The number of hydrogen-bond donors (Lipinski definition) is 3. The number of anilines is 1. The fraction of sp³-hybridized carbons (Fsp3) is 0.394. The van der Waals surface area contributed by atoms with E-state index >= 15 is 0 Å². The van der Waals surface area contributed by atoms with E-state index in [1.54, 1.807) is 105 Å². The van der Waals surface area contributed by atoms with Crippen LogP contribution < -0.4 is 24.6 Å². The Bertz CT molecular complexity index is 6280. The molecule has 0 amide bonds. The molecular weight excluding hydrogens is 2110 g/mol. The first-order chi connectivity index (χ1) is 66.7. The minimum atomic E-state index is -2.24. The number of ketones is 1. The number of carbonyl (C=O) groups excluding carboxylic acids is 3. The summed E-state index contributed by atoms with van der Waals surface area (Å²) < 4.78 is 134. The van der Waals surface area contributed by atoms with Crippen molar-refractivity contribution in [1.82, 2.24) is 23.8 Å². The van der Waals surface area contributed by atoms with Gasteiger partial charge in [-0.25, -0.2) is 51.3 Å². The predicted octanol–water partition coefficient (Wildman–Crippen LogP) is 25.7. The Balaban J connectivity index is 0.000000185. The van der Waals surface area contributed by atoms with Crippen molar-refractivity contribution < 1.29 is 113 Å². The van der Waals surface area contributed by atoms with Crippen LogP contribution in [-0.4, -0.2) is 149 Å². The molecule has 0 aliphatic carbocycles. The second-order valence-corrected chi connectivity index (χ2v) is 51.1. The van der Waals surface area contributed by atoms with Crippen LogP contribution in [0.25, 0.3) is 68.8 Å². The van der Waals surface area contributed by atoms with E-state index in [9.17, 15) is 41.1 Å². The number of nitrogens with two attached hydrogens (primary N) is 1. The minimum Gasteiger partial charge on any atom is -0.870 e. The summed E-state index contributed by atoms with van der Waals surface area (Å²) >= 11 is 11.3. The molecule has 0 spiro atoms. The van der Waals surface area contributed by atoms with Crippen LogP contribution in [0.1, 0.15) is 257 Å². The van der Waals surface area contributed by atoms with Gasteiger partial charge in [-0.15, -0.1) is 0 Å². The largest absolute Gasteiger partial charge is 1.00 e. The number of aromatic carboxylic acids is 1. The predicted molar refractivity (Wildman–Crippen MR) is 555 cm³/mol. The minimum absolute atomic E-state index is 0. The molecule has 5 fully saturated rings. The SMILES string of the molecule is C=C(OCC)c1ccc([C@H]2CCCO2)cc1F.C=[C](OCC)[Sn]([CH2]CCC)([CH2]CCC)[CH2]CCC.CCOC(=O)c1ccc2c(c1)sc1nc(-c3ccc([C@H]4CCCO4)cc3F)cn12.CCOC(=O)c1ccc2nc(N)sc2c1.Fc1cc([C@H]2CCCO2)ccc1Br.O=C(CBr)c1ccc([C@H]2CCCO2)cc1F.O=C(O)c1ccc2c(c1)sc1nc(-c3ccc([C@@H]4CCCO4)cc3F)cn12.[B]=NS.[Li+].[OH-]. The van der Waals surface area contributed by atoms with Crippen molar-refractivity contribution in [3.05, 3.63) is 264 Å². The zero-order chi connectivity index (χ0) is 99.0. The Morgan fingerprint density at radius 1 is 0.500 bits per heavy atom. The van der Waals surface area contributed by atoms with Crippen molar-refractivity contribution in [2.24, 2.45) is 4.30 Å². The Labute approximate surface area is 865 Å². The molecule has 5 aliphatic rings. The summed E-state index contributed by atoms with van der Waals surface area (Å²) in [5, 5.41) is 9.77. The first kappa shape index (κ1) is 115. The number of benzene rings is 8. The second kappa shape index (κ2) is 57.8. The molecule has 5 atom stereocenters. The molecule has 0 unspecified atom stereocenters. The third kappa shape index (κ3) is 31.2. The quantitative estimate of drug-likeness (QED) is 0.00746. The molecule has 0 bridgehead atoms. The number of Topliss-reactive ketones (excluding diaryl/α,β-unsaturated/α-hetero) is 1. The zero-order valence-corrected chi connectivity index (χ0v) is 89.5. The third-order valence-electron chi connectivity index (χ3n) is 23.8. The molecule has 741 valence electrons. The molecular formula is C104H119BBr2F5LiN7O15S4Sn. The van der Waals surface area contributed by atoms with Gasteiger partial charge in [-0.1, -0.05) is 86.9 Å². The van der Waals surface area contributed by atoms with Gasteiger partial charge in [-0.05, 0) is 244 Å². The van der Waals surface area contributed by atoms with E-state index in [2.05, 4.69) is 112 Å². The summed E-state index contributed by atoms with van der Waals surface area (Å²) in [4.78, 5) is 60.6. The number of carbonyl (C=O) groups is 4. The maximum atomic E-state index is 14.8. The fourth-order valence-corrected chi connectivity index (χ4v) is 34.8. The number of carboxylic acid groups (broad SMARTS) is 1. The first-order valence-corrected chi connectivity index (χ1v) is 59.0. The Hall–Kier alpha value is -8.55. The number of alkyl halides is 1. The van der Waals surface area contributed by atoms with Gasteiger partial charge in [0.15, 0.2) is 20.8 Å². The number of thiazole rings is 3. The van der Waals surface area contributed by atoms with Crippen LogP contribution in [-0.2, 0) is 42.6 Å². The summed E-state index contributed by atoms with van der Waals surface area (Å²) in [6.45, 7) is 28.2. The molecule has 1 radical (unpaired) electrons. The molecule has 13 aromatic rings. The molecule has 4 N–H and O–H groups in total. The van der Waals surface area contributed by atoms with Crippen molar-refractivity contribution in [2.75, 3.05) is 70.5 Å². The van der Waals surface area contributed by atoms with Gasteiger partial charge < -0.3 is 54.2 Å². The van der Waals surface area contributed by atoms with E-state index in [1.807, 2.05) is 58.3 Å². The summed E-state index contributed by atoms with van der Waals surface area (Å²) in [7, 11) is 4.34. The van der Waals surface area contributed by atoms with Gasteiger partial charge in [-0.3, -0.25) is 13.6 Å². The molecule has 8 aromatic carbocycles. The molecule has 0 saturated carbocycles. The molecule has 10 heterocycles. The number of carboxylic acids is 1. The van der Waals surface area contributed by atoms with Gasteiger partial charge in [0.1, 0.15) is 34.8 Å². The molecule has 36 heteroatoms. The number of nitrogens with zero attached hydrogens (tertiary/aromatic N) is 6. The number of nitrogen functional groups attached to an aromatic ring is 1. The van der Waals surface area contributed by atoms with E-state index in [0.29, 0.717) is 79.4 Å². The Morgan fingerprint density at radius 3 is 1.23 bits per heavy atom. The van der Waals surface area contributed by atoms with Crippen LogP contribution >= 0.6 is 78.7 Å². The maximum Gasteiger partial charge on any atom is 1.00 e. The molecule has 22 nitrogen and oxygen atoms in total. The Kier molecular flexibility index (Phi) is 47.5. The average Bonchev–Trinajstić information content (AvgIpc) is 1.61. The van der Waals surface area contributed by atoms with Crippen LogP contribution in [0, 0.1) is 29.1 Å². The van der Waals surface area contributed by atoms with Crippen LogP contribution in [0.5, 0.6) is 0 Å².